The van der Waals surface area contributed by atoms with Crippen molar-refractivity contribution in [2.75, 3.05) is 20.3 Å². The Morgan fingerprint density at radius 3 is 2.87 bits per heavy atom. The van der Waals surface area contributed by atoms with Crippen LogP contribution in [0.1, 0.15) is 5.56 Å². The van der Waals surface area contributed by atoms with Crippen LogP contribution in [-0.2, 0) is 16.1 Å². The molecule has 15 heavy (non-hydrogen) atoms. The largest absolute Gasteiger partial charge is 0.382 e. The van der Waals surface area contributed by atoms with Crippen molar-refractivity contribution < 1.29 is 14.0 Å². The fourth-order valence-corrected chi connectivity index (χ4v) is 1.18. The predicted molar refractivity (Wildman–Crippen MR) is 56.1 cm³/mol. The normalized spacial score (nSPS) is 10.6. The second-order valence-corrected chi connectivity index (χ2v) is 3.32. The first kappa shape index (κ1) is 12.4. The summed E-state index contributed by atoms with van der Waals surface area (Å²) in [6.07, 6.45) is 0. The molecule has 0 saturated carbocycles. The van der Waals surface area contributed by atoms with E-state index in [-0.39, 0.29) is 5.02 Å². The molecule has 0 unspecified atom stereocenters. The van der Waals surface area contributed by atoms with Crippen molar-refractivity contribution in [3.8, 4) is 0 Å². The summed E-state index contributed by atoms with van der Waals surface area (Å²) >= 11 is 5.61. The minimum Gasteiger partial charge on any atom is -0.382 e. The molecule has 0 aromatic heterocycles. The standard InChI is InChI=1S/C10H13ClFNO2/c1-14-4-5-15-13-7-8-2-3-10(12)9(11)6-8/h2-3,6,13H,4-5,7H2,1H3. The molecule has 1 N–H and O–H groups in total. The van der Waals surface area contributed by atoms with Crippen LogP contribution in [-0.4, -0.2) is 20.3 Å². The minimum absolute atomic E-state index is 0.117. The summed E-state index contributed by atoms with van der Waals surface area (Å²) in [5.74, 6) is -0.416. The van der Waals surface area contributed by atoms with Crippen molar-refractivity contribution in [1.82, 2.24) is 5.48 Å². The van der Waals surface area contributed by atoms with Gasteiger partial charge in [0.05, 0.1) is 18.2 Å². The molecular weight excluding hydrogens is 221 g/mol. The average molecular weight is 234 g/mol. The Hall–Kier alpha value is -0.680. The summed E-state index contributed by atoms with van der Waals surface area (Å²) in [6, 6.07) is 4.53. The first-order valence-electron chi connectivity index (χ1n) is 4.51. The van der Waals surface area contributed by atoms with Crippen LogP contribution in [0.5, 0.6) is 0 Å². The van der Waals surface area contributed by atoms with Crippen LogP contribution in [0.2, 0.25) is 5.02 Å². The van der Waals surface area contributed by atoms with Gasteiger partial charge in [0.2, 0.25) is 0 Å². The van der Waals surface area contributed by atoms with E-state index in [4.69, 9.17) is 21.2 Å². The molecule has 0 fully saturated rings. The number of nitrogens with one attached hydrogen (secondary N) is 1. The van der Waals surface area contributed by atoms with Crippen LogP contribution in [0.4, 0.5) is 4.39 Å². The second kappa shape index (κ2) is 6.74. The van der Waals surface area contributed by atoms with Gasteiger partial charge in [-0.3, -0.25) is 4.84 Å². The molecule has 3 nitrogen and oxygen atoms in total. The number of hydroxylamine groups is 1. The Labute approximate surface area is 93.1 Å². The van der Waals surface area contributed by atoms with Gasteiger partial charge in [0.1, 0.15) is 5.82 Å². The lowest BCUT2D eigenvalue weighted by Crippen LogP contribution is -2.17. The Bertz CT molecular complexity index is 309. The molecule has 0 saturated heterocycles. The van der Waals surface area contributed by atoms with Gasteiger partial charge in [0, 0.05) is 13.7 Å². The summed E-state index contributed by atoms with van der Waals surface area (Å²) in [6.45, 7) is 1.46. The molecule has 0 amide bonds. The average Bonchev–Trinajstić information content (AvgIpc) is 2.23. The SMILES string of the molecule is COCCONCc1ccc(F)c(Cl)c1. The fraction of sp³-hybridized carbons (Fsp3) is 0.400. The van der Waals surface area contributed by atoms with E-state index < -0.39 is 5.82 Å². The first-order valence-corrected chi connectivity index (χ1v) is 4.89. The zero-order valence-corrected chi connectivity index (χ0v) is 9.18. The van der Waals surface area contributed by atoms with Crippen molar-refractivity contribution in [2.24, 2.45) is 0 Å². The van der Waals surface area contributed by atoms with Crippen LogP contribution >= 0.6 is 11.6 Å². The highest BCUT2D eigenvalue weighted by molar-refractivity contribution is 6.30. The van der Waals surface area contributed by atoms with E-state index in [1.54, 1.807) is 19.2 Å². The smallest absolute Gasteiger partial charge is 0.141 e. The summed E-state index contributed by atoms with van der Waals surface area (Å²) in [4.78, 5) is 5.04. The zero-order chi connectivity index (χ0) is 11.1. The quantitative estimate of drug-likeness (QED) is 0.603. The molecular formula is C10H13ClFNO2. The molecule has 1 aromatic rings. The molecule has 1 aromatic carbocycles. The highest BCUT2D eigenvalue weighted by Gasteiger charge is 2.00. The van der Waals surface area contributed by atoms with Gasteiger partial charge in [-0.25, -0.2) is 4.39 Å². The maximum absolute atomic E-state index is 12.8. The van der Waals surface area contributed by atoms with E-state index in [9.17, 15) is 4.39 Å². The Morgan fingerprint density at radius 1 is 1.40 bits per heavy atom. The Morgan fingerprint density at radius 2 is 2.20 bits per heavy atom. The van der Waals surface area contributed by atoms with E-state index in [0.29, 0.717) is 19.8 Å². The van der Waals surface area contributed by atoms with Crippen molar-refractivity contribution in [2.45, 2.75) is 6.54 Å². The van der Waals surface area contributed by atoms with Gasteiger partial charge in [-0.1, -0.05) is 17.7 Å². The van der Waals surface area contributed by atoms with Crippen LogP contribution in [0.25, 0.3) is 0 Å². The van der Waals surface area contributed by atoms with E-state index in [1.165, 1.54) is 6.07 Å². The van der Waals surface area contributed by atoms with E-state index in [0.717, 1.165) is 5.56 Å². The second-order valence-electron chi connectivity index (χ2n) is 2.91. The molecule has 0 spiro atoms. The molecule has 84 valence electrons. The zero-order valence-electron chi connectivity index (χ0n) is 8.43. The van der Waals surface area contributed by atoms with E-state index >= 15 is 0 Å². The maximum Gasteiger partial charge on any atom is 0.141 e. The Balaban J connectivity index is 2.28. The fourth-order valence-electron chi connectivity index (χ4n) is 0.981. The summed E-state index contributed by atoms with van der Waals surface area (Å²) in [5.41, 5.74) is 3.58. The van der Waals surface area contributed by atoms with Gasteiger partial charge < -0.3 is 4.74 Å². The molecule has 0 atom stereocenters. The first-order chi connectivity index (χ1) is 7.24. The molecule has 0 radical (unpaired) electrons. The minimum atomic E-state index is -0.416. The Kier molecular flexibility index (Phi) is 5.57. The van der Waals surface area contributed by atoms with Crippen LogP contribution < -0.4 is 5.48 Å². The summed E-state index contributed by atoms with van der Waals surface area (Å²) < 4.78 is 17.6. The molecule has 0 bridgehead atoms. The highest BCUT2D eigenvalue weighted by atomic mass is 35.5. The van der Waals surface area contributed by atoms with Crippen LogP contribution in [0.3, 0.4) is 0 Å². The van der Waals surface area contributed by atoms with Gasteiger partial charge in [0.15, 0.2) is 0 Å². The molecule has 5 heteroatoms. The van der Waals surface area contributed by atoms with Crippen molar-refractivity contribution in [3.05, 3.63) is 34.6 Å². The molecule has 0 aliphatic rings. The molecule has 0 aliphatic carbocycles. The lowest BCUT2D eigenvalue weighted by Gasteiger charge is -2.05. The van der Waals surface area contributed by atoms with E-state index in [1.807, 2.05) is 0 Å². The predicted octanol–water partition coefficient (Wildman–Crippen LogP) is 2.15. The van der Waals surface area contributed by atoms with Crippen LogP contribution in [0.15, 0.2) is 18.2 Å². The monoisotopic (exact) mass is 233 g/mol. The summed E-state index contributed by atoms with van der Waals surface area (Å²) in [7, 11) is 1.60. The number of benzene rings is 1. The van der Waals surface area contributed by atoms with Gasteiger partial charge in [0.25, 0.3) is 0 Å². The summed E-state index contributed by atoms with van der Waals surface area (Å²) in [5, 5.41) is 0.117. The third-order valence-electron chi connectivity index (χ3n) is 1.75. The number of rotatable bonds is 6. The van der Waals surface area contributed by atoms with Crippen molar-refractivity contribution in [3.63, 3.8) is 0 Å². The molecule has 0 heterocycles. The topological polar surface area (TPSA) is 30.5 Å². The van der Waals surface area contributed by atoms with Gasteiger partial charge >= 0.3 is 0 Å². The van der Waals surface area contributed by atoms with E-state index in [2.05, 4.69) is 5.48 Å². The third-order valence-corrected chi connectivity index (χ3v) is 2.04. The van der Waals surface area contributed by atoms with Gasteiger partial charge in [-0.15, -0.1) is 0 Å². The van der Waals surface area contributed by atoms with Crippen molar-refractivity contribution >= 4 is 11.6 Å². The number of hydrogen-bond donors (Lipinski definition) is 1. The number of hydrogen-bond acceptors (Lipinski definition) is 3. The highest BCUT2D eigenvalue weighted by Crippen LogP contribution is 2.15. The van der Waals surface area contributed by atoms with Gasteiger partial charge in [-0.05, 0) is 17.7 Å². The number of ether oxygens (including phenoxy) is 1. The molecule has 1 rings (SSSR count). The van der Waals surface area contributed by atoms with Gasteiger partial charge in [-0.2, -0.15) is 5.48 Å². The number of methoxy groups -OCH3 is 1. The number of halogens is 2. The lowest BCUT2D eigenvalue weighted by atomic mass is 10.2. The third kappa shape index (κ3) is 4.57. The van der Waals surface area contributed by atoms with Crippen LogP contribution in [0, 0.1) is 5.82 Å². The maximum atomic E-state index is 12.8. The van der Waals surface area contributed by atoms with Crippen molar-refractivity contribution in [1.29, 1.82) is 0 Å². The lowest BCUT2D eigenvalue weighted by molar-refractivity contribution is 0.00346. The molecule has 0 aliphatic heterocycles.